The molecule has 1 aromatic rings. The number of aromatic amines is 1. The number of nitrogens with one attached hydrogen (secondary N) is 1. The van der Waals surface area contributed by atoms with Crippen LogP contribution < -0.4 is 5.56 Å². The van der Waals surface area contributed by atoms with E-state index in [1.54, 1.807) is 4.57 Å². The standard InChI is InChI=1S/C15H24N4O2S/c1-2-3-10-19-14(21)12(13(20)17-15(19)22)11-16-18-8-6-4-5-7-9-18/h11,21H,2-10H2,1H3,(H,17,20,22). The Morgan fingerprint density at radius 1 is 1.32 bits per heavy atom. The van der Waals surface area contributed by atoms with Crippen molar-refractivity contribution < 1.29 is 5.11 Å². The first kappa shape index (κ1) is 16.7. The largest absolute Gasteiger partial charge is 0.494 e. The molecule has 0 bridgehead atoms. The molecule has 0 radical (unpaired) electrons. The van der Waals surface area contributed by atoms with Crippen molar-refractivity contribution in [1.82, 2.24) is 14.6 Å². The summed E-state index contributed by atoms with van der Waals surface area (Å²) in [6.07, 6.45) is 7.99. The van der Waals surface area contributed by atoms with Gasteiger partial charge in [0.05, 0.1) is 6.21 Å². The summed E-state index contributed by atoms with van der Waals surface area (Å²) < 4.78 is 1.81. The highest BCUT2D eigenvalue weighted by Gasteiger charge is 2.12. The van der Waals surface area contributed by atoms with Gasteiger partial charge in [-0.25, -0.2) is 0 Å². The lowest BCUT2D eigenvalue weighted by Gasteiger charge is -2.15. The molecule has 0 atom stereocenters. The van der Waals surface area contributed by atoms with Crippen LogP contribution in [-0.4, -0.2) is 39.0 Å². The topological polar surface area (TPSA) is 73.6 Å². The van der Waals surface area contributed by atoms with Crippen LogP contribution >= 0.6 is 12.2 Å². The van der Waals surface area contributed by atoms with E-state index in [0.717, 1.165) is 38.8 Å². The summed E-state index contributed by atoms with van der Waals surface area (Å²) >= 11 is 5.12. The Kier molecular flexibility index (Phi) is 6.18. The van der Waals surface area contributed by atoms with Crippen LogP contribution in [0.2, 0.25) is 0 Å². The number of H-pyrrole nitrogens is 1. The Labute approximate surface area is 135 Å². The van der Waals surface area contributed by atoms with Crippen molar-refractivity contribution in [2.75, 3.05) is 13.1 Å². The predicted molar refractivity (Wildman–Crippen MR) is 90.1 cm³/mol. The van der Waals surface area contributed by atoms with E-state index < -0.39 is 5.56 Å². The van der Waals surface area contributed by atoms with Crippen LogP contribution in [0.25, 0.3) is 0 Å². The molecule has 2 heterocycles. The van der Waals surface area contributed by atoms with Gasteiger partial charge in [-0.1, -0.05) is 26.2 Å². The van der Waals surface area contributed by atoms with Gasteiger partial charge in [-0.05, 0) is 31.5 Å². The highest BCUT2D eigenvalue weighted by atomic mass is 32.1. The van der Waals surface area contributed by atoms with Crippen molar-refractivity contribution in [2.45, 2.75) is 52.0 Å². The third-order valence-corrected chi connectivity index (χ3v) is 4.20. The van der Waals surface area contributed by atoms with Crippen molar-refractivity contribution in [2.24, 2.45) is 5.10 Å². The Morgan fingerprint density at radius 2 is 2.00 bits per heavy atom. The van der Waals surface area contributed by atoms with Gasteiger partial charge in [0, 0.05) is 19.6 Å². The van der Waals surface area contributed by atoms with Gasteiger partial charge in [0.15, 0.2) is 4.77 Å². The Bertz CT molecular complexity index is 627. The first-order chi connectivity index (χ1) is 10.6. The van der Waals surface area contributed by atoms with Gasteiger partial charge < -0.3 is 5.11 Å². The zero-order valence-electron chi connectivity index (χ0n) is 13.0. The molecule has 1 saturated heterocycles. The maximum Gasteiger partial charge on any atom is 0.264 e. The van der Waals surface area contributed by atoms with E-state index >= 15 is 0 Å². The molecule has 0 spiro atoms. The number of aromatic hydroxyl groups is 1. The fourth-order valence-corrected chi connectivity index (χ4v) is 2.79. The van der Waals surface area contributed by atoms with E-state index in [1.807, 2.05) is 5.01 Å². The van der Waals surface area contributed by atoms with Crippen molar-refractivity contribution in [3.8, 4) is 5.88 Å². The first-order valence-electron chi connectivity index (χ1n) is 7.98. The molecule has 22 heavy (non-hydrogen) atoms. The lowest BCUT2D eigenvalue weighted by Crippen LogP contribution is -2.22. The molecule has 0 amide bonds. The minimum absolute atomic E-state index is 0.0965. The average Bonchev–Trinajstić information content (AvgIpc) is 2.75. The average molecular weight is 324 g/mol. The summed E-state index contributed by atoms with van der Waals surface area (Å²) in [7, 11) is 0. The summed E-state index contributed by atoms with van der Waals surface area (Å²) in [6, 6.07) is 0. The second-order valence-electron chi connectivity index (χ2n) is 5.61. The van der Waals surface area contributed by atoms with Crippen LogP contribution in [0, 0.1) is 4.77 Å². The molecule has 7 heteroatoms. The Morgan fingerprint density at radius 3 is 2.64 bits per heavy atom. The summed E-state index contributed by atoms with van der Waals surface area (Å²) in [5.41, 5.74) is -0.220. The highest BCUT2D eigenvalue weighted by Crippen LogP contribution is 2.14. The minimum Gasteiger partial charge on any atom is -0.494 e. The van der Waals surface area contributed by atoms with Crippen molar-refractivity contribution in [1.29, 1.82) is 0 Å². The smallest absolute Gasteiger partial charge is 0.264 e. The lowest BCUT2D eigenvalue weighted by molar-refractivity contribution is 0.302. The van der Waals surface area contributed by atoms with Gasteiger partial charge in [0.25, 0.3) is 5.56 Å². The monoisotopic (exact) mass is 324 g/mol. The van der Waals surface area contributed by atoms with Gasteiger partial charge in [0.2, 0.25) is 5.88 Å². The van der Waals surface area contributed by atoms with E-state index in [0.29, 0.717) is 6.54 Å². The van der Waals surface area contributed by atoms with E-state index in [-0.39, 0.29) is 16.2 Å². The molecule has 1 aliphatic rings. The van der Waals surface area contributed by atoms with E-state index in [9.17, 15) is 9.90 Å². The molecule has 0 saturated carbocycles. The molecule has 0 aromatic carbocycles. The second-order valence-corrected chi connectivity index (χ2v) is 6.00. The number of unbranched alkanes of at least 4 members (excludes halogenated alkanes) is 1. The molecule has 0 unspecified atom stereocenters. The number of hydrogen-bond acceptors (Lipinski definition) is 5. The van der Waals surface area contributed by atoms with E-state index in [1.165, 1.54) is 19.1 Å². The van der Waals surface area contributed by atoms with Crippen LogP contribution in [0.4, 0.5) is 0 Å². The predicted octanol–water partition coefficient (Wildman–Crippen LogP) is 2.62. The first-order valence-corrected chi connectivity index (χ1v) is 8.39. The van der Waals surface area contributed by atoms with Crippen molar-refractivity contribution >= 4 is 18.4 Å². The summed E-state index contributed by atoms with van der Waals surface area (Å²) in [4.78, 5) is 14.6. The fourth-order valence-electron chi connectivity index (χ4n) is 2.52. The van der Waals surface area contributed by atoms with Crippen LogP contribution in [0.3, 0.4) is 0 Å². The SMILES string of the molecule is CCCCn1c(O)c(C=NN2CCCCCC2)c(=O)[nH]c1=S. The molecule has 2 rings (SSSR count). The van der Waals surface area contributed by atoms with Crippen molar-refractivity contribution in [3.63, 3.8) is 0 Å². The molecule has 1 aliphatic heterocycles. The Hall–Kier alpha value is -1.63. The summed E-state index contributed by atoms with van der Waals surface area (Å²) in [5, 5.41) is 16.7. The molecule has 6 nitrogen and oxygen atoms in total. The summed E-state index contributed by atoms with van der Waals surface area (Å²) in [6.45, 7) is 4.44. The van der Waals surface area contributed by atoms with Crippen LogP contribution in [0.1, 0.15) is 51.0 Å². The Balaban J connectivity index is 2.25. The molecular formula is C15H24N4O2S. The van der Waals surface area contributed by atoms with Gasteiger partial charge >= 0.3 is 0 Å². The quantitative estimate of drug-likeness (QED) is 0.645. The normalized spacial score (nSPS) is 16.1. The number of hydrogen-bond donors (Lipinski definition) is 2. The molecule has 0 aliphatic carbocycles. The van der Waals surface area contributed by atoms with Crippen molar-refractivity contribution in [3.05, 3.63) is 20.7 Å². The van der Waals surface area contributed by atoms with Gasteiger partial charge in [-0.2, -0.15) is 5.10 Å². The minimum atomic E-state index is -0.395. The molecule has 1 aromatic heterocycles. The zero-order valence-corrected chi connectivity index (χ0v) is 13.9. The molecule has 2 N–H and O–H groups in total. The third-order valence-electron chi connectivity index (χ3n) is 3.87. The van der Waals surface area contributed by atoms with E-state index in [4.69, 9.17) is 12.2 Å². The number of aromatic nitrogens is 2. The molecule has 1 fully saturated rings. The highest BCUT2D eigenvalue weighted by molar-refractivity contribution is 7.71. The fraction of sp³-hybridized carbons (Fsp3) is 0.667. The van der Waals surface area contributed by atoms with Gasteiger partial charge in [-0.15, -0.1) is 0 Å². The molecular weight excluding hydrogens is 300 g/mol. The van der Waals surface area contributed by atoms with Crippen LogP contribution in [0.5, 0.6) is 5.88 Å². The zero-order chi connectivity index (χ0) is 15.9. The number of rotatable bonds is 5. The number of nitrogens with zero attached hydrogens (tertiary/aromatic N) is 3. The van der Waals surface area contributed by atoms with Crippen LogP contribution in [0.15, 0.2) is 9.90 Å². The maximum atomic E-state index is 12.0. The molecule has 122 valence electrons. The van der Waals surface area contributed by atoms with Gasteiger partial charge in [0.1, 0.15) is 5.56 Å². The lowest BCUT2D eigenvalue weighted by atomic mass is 10.2. The maximum absolute atomic E-state index is 12.0. The second kappa shape index (κ2) is 8.12. The third kappa shape index (κ3) is 4.19. The van der Waals surface area contributed by atoms with E-state index in [2.05, 4.69) is 17.0 Å². The van der Waals surface area contributed by atoms with Crippen LogP contribution in [-0.2, 0) is 6.54 Å². The van der Waals surface area contributed by atoms with Gasteiger partial charge in [-0.3, -0.25) is 19.4 Å². The number of hydrazone groups is 1. The summed E-state index contributed by atoms with van der Waals surface area (Å²) in [5.74, 6) is -0.0965.